The molecule has 162 valence electrons. The Morgan fingerprint density at radius 2 is 2.03 bits per heavy atom. The molecule has 2 heterocycles. The van der Waals surface area contributed by atoms with Crippen LogP contribution in [0.4, 0.5) is 11.4 Å². The Hall–Kier alpha value is -2.85. The minimum absolute atomic E-state index is 0.147. The Morgan fingerprint density at radius 3 is 2.70 bits per heavy atom. The maximum absolute atomic E-state index is 12.2. The molecule has 0 spiro atoms. The molecule has 0 aliphatic carbocycles. The summed E-state index contributed by atoms with van der Waals surface area (Å²) in [5, 5.41) is 15.3. The average molecular weight is 436 g/mol. The number of furan rings is 1. The molecular formula is C20H25N3O6S. The summed E-state index contributed by atoms with van der Waals surface area (Å²) in [6, 6.07) is 8.32. The van der Waals surface area contributed by atoms with Crippen molar-refractivity contribution in [1.29, 1.82) is 0 Å². The van der Waals surface area contributed by atoms with E-state index in [4.69, 9.17) is 4.42 Å². The lowest BCUT2D eigenvalue weighted by Gasteiger charge is -2.29. The van der Waals surface area contributed by atoms with E-state index in [1.165, 1.54) is 17.5 Å². The summed E-state index contributed by atoms with van der Waals surface area (Å²) in [6.07, 6.45) is 4.25. The summed E-state index contributed by atoms with van der Waals surface area (Å²) in [6.45, 7) is 1.75. The minimum atomic E-state index is -3.44. The topological polar surface area (TPSA) is 129 Å². The lowest BCUT2D eigenvalue weighted by Crippen LogP contribution is -2.45. The number of anilines is 2. The molecule has 2 aromatic rings. The Labute approximate surface area is 175 Å². The minimum Gasteiger partial charge on any atom is -0.469 e. The van der Waals surface area contributed by atoms with Crippen LogP contribution in [-0.2, 0) is 32.5 Å². The van der Waals surface area contributed by atoms with E-state index < -0.39 is 27.4 Å². The number of benzene rings is 1. The summed E-state index contributed by atoms with van der Waals surface area (Å²) in [7, 11) is -3.44. The number of carbonyl (C=O) groups is 2. The summed E-state index contributed by atoms with van der Waals surface area (Å²) in [4.78, 5) is 24.4. The zero-order valence-corrected chi connectivity index (χ0v) is 17.7. The van der Waals surface area contributed by atoms with Gasteiger partial charge in [-0.1, -0.05) is 6.07 Å². The van der Waals surface area contributed by atoms with Crippen molar-refractivity contribution in [3.8, 4) is 0 Å². The van der Waals surface area contributed by atoms with Gasteiger partial charge in [-0.05, 0) is 49.6 Å². The summed E-state index contributed by atoms with van der Waals surface area (Å²) in [5.41, 5.74) is 0.383. The highest BCUT2D eigenvalue weighted by atomic mass is 32.2. The van der Waals surface area contributed by atoms with Gasteiger partial charge >= 0.3 is 11.8 Å². The van der Waals surface area contributed by atoms with Crippen LogP contribution < -0.4 is 14.9 Å². The molecule has 3 rings (SSSR count). The van der Waals surface area contributed by atoms with Crippen molar-refractivity contribution in [1.82, 2.24) is 5.32 Å². The van der Waals surface area contributed by atoms with Crippen LogP contribution in [0.2, 0.25) is 0 Å². The van der Waals surface area contributed by atoms with Crippen molar-refractivity contribution in [2.75, 3.05) is 29.0 Å². The van der Waals surface area contributed by atoms with E-state index in [0.29, 0.717) is 30.1 Å². The number of aliphatic hydroxyl groups is 1. The Morgan fingerprint density at radius 1 is 1.27 bits per heavy atom. The van der Waals surface area contributed by atoms with Gasteiger partial charge in [0.05, 0.1) is 23.8 Å². The maximum atomic E-state index is 12.2. The molecule has 1 aliphatic rings. The van der Waals surface area contributed by atoms with Crippen LogP contribution in [-0.4, -0.2) is 50.3 Å². The number of nitrogens with zero attached hydrogens (tertiary/aromatic N) is 1. The number of rotatable bonds is 6. The van der Waals surface area contributed by atoms with Gasteiger partial charge in [0.25, 0.3) is 0 Å². The fraction of sp³-hybridized carbons (Fsp3) is 0.400. The maximum Gasteiger partial charge on any atom is 0.313 e. The quantitative estimate of drug-likeness (QED) is 0.582. The van der Waals surface area contributed by atoms with E-state index in [-0.39, 0.29) is 13.0 Å². The Bertz CT molecular complexity index is 1030. The van der Waals surface area contributed by atoms with Crippen LogP contribution in [0.25, 0.3) is 0 Å². The molecule has 1 aliphatic heterocycles. The van der Waals surface area contributed by atoms with Gasteiger partial charge in [-0.2, -0.15) is 0 Å². The molecule has 10 heteroatoms. The predicted molar refractivity (Wildman–Crippen MR) is 112 cm³/mol. The van der Waals surface area contributed by atoms with Gasteiger partial charge in [0.15, 0.2) is 0 Å². The first-order chi connectivity index (χ1) is 14.0. The molecule has 1 unspecified atom stereocenters. The highest BCUT2D eigenvalue weighted by molar-refractivity contribution is 7.92. The van der Waals surface area contributed by atoms with Crippen molar-refractivity contribution < 1.29 is 27.5 Å². The van der Waals surface area contributed by atoms with Gasteiger partial charge in [0, 0.05) is 25.2 Å². The van der Waals surface area contributed by atoms with Gasteiger partial charge in [-0.25, -0.2) is 8.42 Å². The fourth-order valence-electron chi connectivity index (χ4n) is 3.35. The highest BCUT2D eigenvalue weighted by Gasteiger charge is 2.26. The molecule has 0 bridgehead atoms. The molecule has 0 saturated heterocycles. The number of nitrogens with one attached hydrogen (secondary N) is 2. The molecule has 1 atom stereocenters. The lowest BCUT2D eigenvalue weighted by molar-refractivity contribution is -0.136. The molecule has 0 radical (unpaired) electrons. The molecule has 1 aromatic heterocycles. The van der Waals surface area contributed by atoms with Crippen LogP contribution in [0.1, 0.15) is 24.7 Å². The SMILES string of the molecule is CC(O)(CNC(=O)C(=O)Nc1ccc2c(c1)N(S(C)(=O)=O)CCC2)Cc1ccco1. The van der Waals surface area contributed by atoms with Crippen molar-refractivity contribution >= 4 is 33.2 Å². The molecule has 0 fully saturated rings. The number of hydrogen-bond donors (Lipinski definition) is 3. The van der Waals surface area contributed by atoms with Gasteiger partial charge < -0.3 is 20.2 Å². The predicted octanol–water partition coefficient (Wildman–Crippen LogP) is 1.04. The third-order valence-electron chi connectivity index (χ3n) is 4.79. The van der Waals surface area contributed by atoms with E-state index in [9.17, 15) is 23.1 Å². The summed E-state index contributed by atoms with van der Waals surface area (Å²) < 4.78 is 30.5. The molecular weight excluding hydrogens is 410 g/mol. The van der Waals surface area contributed by atoms with E-state index >= 15 is 0 Å². The summed E-state index contributed by atoms with van der Waals surface area (Å²) >= 11 is 0. The second kappa shape index (κ2) is 8.49. The number of amides is 2. The zero-order valence-electron chi connectivity index (χ0n) is 16.8. The first-order valence-corrected chi connectivity index (χ1v) is 11.3. The second-order valence-electron chi connectivity index (χ2n) is 7.67. The standard InChI is InChI=1S/C20H25N3O6S/c1-20(26,12-16-6-4-10-29-16)13-21-18(24)19(25)22-15-8-7-14-5-3-9-23(17(14)11-15)30(2,27)28/h4,6-8,10-11,26H,3,5,9,12-13H2,1-2H3,(H,21,24)(H,22,25). The smallest absolute Gasteiger partial charge is 0.313 e. The van der Waals surface area contributed by atoms with Crippen LogP contribution in [0, 0.1) is 0 Å². The largest absolute Gasteiger partial charge is 0.469 e. The van der Waals surface area contributed by atoms with Gasteiger partial charge in [-0.15, -0.1) is 0 Å². The molecule has 2 amide bonds. The van der Waals surface area contributed by atoms with Crippen LogP contribution in [0.3, 0.4) is 0 Å². The third-order valence-corrected chi connectivity index (χ3v) is 5.97. The Balaban J connectivity index is 1.62. The van der Waals surface area contributed by atoms with E-state index in [1.54, 1.807) is 30.3 Å². The molecule has 0 saturated carbocycles. The van der Waals surface area contributed by atoms with Crippen molar-refractivity contribution in [2.24, 2.45) is 0 Å². The first-order valence-electron chi connectivity index (χ1n) is 9.50. The second-order valence-corrected chi connectivity index (χ2v) is 9.58. The number of hydrogen-bond acceptors (Lipinski definition) is 6. The monoisotopic (exact) mass is 435 g/mol. The van der Waals surface area contributed by atoms with Crippen molar-refractivity contribution in [3.05, 3.63) is 47.9 Å². The van der Waals surface area contributed by atoms with E-state index in [0.717, 1.165) is 18.2 Å². The van der Waals surface area contributed by atoms with Gasteiger partial charge in [0.2, 0.25) is 10.0 Å². The lowest BCUT2D eigenvalue weighted by atomic mass is 10.0. The molecule has 30 heavy (non-hydrogen) atoms. The fourth-order valence-corrected chi connectivity index (χ4v) is 4.34. The molecule has 9 nitrogen and oxygen atoms in total. The van der Waals surface area contributed by atoms with Crippen LogP contribution >= 0.6 is 0 Å². The number of carbonyl (C=O) groups excluding carboxylic acids is 2. The van der Waals surface area contributed by atoms with Gasteiger partial charge in [0.1, 0.15) is 5.76 Å². The van der Waals surface area contributed by atoms with E-state index in [1.807, 2.05) is 0 Å². The van der Waals surface area contributed by atoms with Crippen molar-refractivity contribution in [3.63, 3.8) is 0 Å². The van der Waals surface area contributed by atoms with Gasteiger partial charge in [-0.3, -0.25) is 13.9 Å². The number of aryl methyl sites for hydroxylation is 1. The molecule has 1 aromatic carbocycles. The van der Waals surface area contributed by atoms with E-state index in [2.05, 4.69) is 10.6 Å². The highest BCUT2D eigenvalue weighted by Crippen LogP contribution is 2.31. The first kappa shape index (κ1) is 21.8. The van der Waals surface area contributed by atoms with Crippen LogP contribution in [0.5, 0.6) is 0 Å². The Kier molecular flexibility index (Phi) is 6.18. The molecule has 3 N–H and O–H groups in total. The third kappa shape index (κ3) is 5.39. The normalized spacial score (nSPS) is 15.8. The summed E-state index contributed by atoms with van der Waals surface area (Å²) in [5.74, 6) is -1.26. The van der Waals surface area contributed by atoms with Crippen LogP contribution in [0.15, 0.2) is 41.0 Å². The van der Waals surface area contributed by atoms with Crippen molar-refractivity contribution in [2.45, 2.75) is 31.8 Å². The number of fused-ring (bicyclic) bond motifs is 1. The average Bonchev–Trinajstić information content (AvgIpc) is 3.17. The zero-order chi connectivity index (χ0) is 21.9. The number of sulfonamides is 1.